The highest BCUT2D eigenvalue weighted by molar-refractivity contribution is 5.92. The van der Waals surface area contributed by atoms with Crippen LogP contribution in [0.25, 0.3) is 0 Å². The molecule has 3 heterocycles. The van der Waals surface area contributed by atoms with Crippen LogP contribution in [0.1, 0.15) is 28.7 Å². The Kier molecular flexibility index (Phi) is 4.48. The number of rotatable bonds is 4. The Hall–Kier alpha value is -2.21. The standard InChI is InChI=1S/C16H21N5O/c1-2-14-10-15(19-18-14)16(22)21-8-6-20(7-9-21)12-13-4-3-5-17-11-13/h3-5,10-11H,2,6-9,12H2,1H3,(H,18,19). The summed E-state index contributed by atoms with van der Waals surface area (Å²) >= 11 is 0. The molecule has 0 bridgehead atoms. The number of pyridine rings is 1. The number of nitrogens with one attached hydrogen (secondary N) is 1. The quantitative estimate of drug-likeness (QED) is 0.925. The fourth-order valence-electron chi connectivity index (χ4n) is 2.67. The van der Waals surface area contributed by atoms with Crippen molar-refractivity contribution in [2.24, 2.45) is 0 Å². The van der Waals surface area contributed by atoms with Crippen LogP contribution in [0.2, 0.25) is 0 Å². The molecule has 0 unspecified atom stereocenters. The van der Waals surface area contributed by atoms with Crippen LogP contribution in [-0.2, 0) is 13.0 Å². The molecule has 0 spiro atoms. The smallest absolute Gasteiger partial charge is 0.274 e. The van der Waals surface area contributed by atoms with E-state index in [-0.39, 0.29) is 5.91 Å². The normalized spacial score (nSPS) is 16.0. The summed E-state index contributed by atoms with van der Waals surface area (Å²) in [5, 5.41) is 7.01. The van der Waals surface area contributed by atoms with Crippen molar-refractivity contribution in [3.05, 3.63) is 47.5 Å². The number of carbonyl (C=O) groups excluding carboxylic acids is 1. The van der Waals surface area contributed by atoms with Crippen LogP contribution in [0.4, 0.5) is 0 Å². The molecule has 0 atom stereocenters. The number of H-pyrrole nitrogens is 1. The number of nitrogens with zero attached hydrogens (tertiary/aromatic N) is 4. The lowest BCUT2D eigenvalue weighted by atomic mass is 10.2. The molecule has 1 amide bonds. The van der Waals surface area contributed by atoms with Gasteiger partial charge in [0.05, 0.1) is 0 Å². The van der Waals surface area contributed by atoms with Crippen LogP contribution in [0.5, 0.6) is 0 Å². The lowest BCUT2D eigenvalue weighted by Crippen LogP contribution is -2.48. The maximum atomic E-state index is 12.4. The van der Waals surface area contributed by atoms with Crippen LogP contribution in [0.3, 0.4) is 0 Å². The Morgan fingerprint density at radius 3 is 2.77 bits per heavy atom. The number of aromatic nitrogens is 3. The number of piperazine rings is 1. The highest BCUT2D eigenvalue weighted by Crippen LogP contribution is 2.11. The Bertz CT molecular complexity index is 616. The first-order chi connectivity index (χ1) is 10.8. The maximum Gasteiger partial charge on any atom is 0.274 e. The van der Waals surface area contributed by atoms with Gasteiger partial charge in [0.2, 0.25) is 0 Å². The monoisotopic (exact) mass is 299 g/mol. The number of amides is 1. The summed E-state index contributed by atoms with van der Waals surface area (Å²) in [4.78, 5) is 20.8. The second-order valence-electron chi connectivity index (χ2n) is 5.56. The van der Waals surface area contributed by atoms with E-state index in [1.54, 1.807) is 6.20 Å². The third-order valence-corrected chi connectivity index (χ3v) is 4.02. The van der Waals surface area contributed by atoms with E-state index >= 15 is 0 Å². The highest BCUT2D eigenvalue weighted by Gasteiger charge is 2.23. The summed E-state index contributed by atoms with van der Waals surface area (Å²) in [5.41, 5.74) is 2.73. The van der Waals surface area contributed by atoms with Gasteiger partial charge in [-0.25, -0.2) is 0 Å². The van der Waals surface area contributed by atoms with Crippen LogP contribution in [0.15, 0.2) is 30.6 Å². The number of carbonyl (C=O) groups is 1. The molecule has 1 aliphatic rings. The Morgan fingerprint density at radius 2 is 2.14 bits per heavy atom. The minimum Gasteiger partial charge on any atom is -0.335 e. The minimum atomic E-state index is 0.0250. The SMILES string of the molecule is CCc1cc(C(=O)N2CCN(Cc3cccnc3)CC2)n[nH]1. The zero-order chi connectivity index (χ0) is 15.4. The molecule has 6 heteroatoms. The van der Waals surface area contributed by atoms with Gasteiger partial charge in [0.25, 0.3) is 5.91 Å². The van der Waals surface area contributed by atoms with Gasteiger partial charge in [0.1, 0.15) is 5.69 Å². The molecule has 0 aromatic carbocycles. The van der Waals surface area contributed by atoms with Crippen molar-refractivity contribution in [1.29, 1.82) is 0 Å². The van der Waals surface area contributed by atoms with Gasteiger partial charge in [-0.05, 0) is 24.1 Å². The van der Waals surface area contributed by atoms with E-state index in [2.05, 4.69) is 26.1 Å². The molecule has 0 saturated carbocycles. The van der Waals surface area contributed by atoms with Crippen molar-refractivity contribution in [3.63, 3.8) is 0 Å². The molecule has 22 heavy (non-hydrogen) atoms. The third kappa shape index (κ3) is 3.33. The zero-order valence-electron chi connectivity index (χ0n) is 12.8. The number of aromatic amines is 1. The van der Waals surface area contributed by atoms with Crippen molar-refractivity contribution >= 4 is 5.91 Å². The predicted molar refractivity (Wildman–Crippen MR) is 83.4 cm³/mol. The number of hydrogen-bond acceptors (Lipinski definition) is 4. The van der Waals surface area contributed by atoms with Gasteiger partial charge in [-0.15, -0.1) is 0 Å². The lowest BCUT2D eigenvalue weighted by Gasteiger charge is -2.34. The topological polar surface area (TPSA) is 65.1 Å². The Labute approximate surface area is 130 Å². The van der Waals surface area contributed by atoms with Gasteiger partial charge in [-0.3, -0.25) is 19.8 Å². The minimum absolute atomic E-state index is 0.0250. The number of hydrogen-bond donors (Lipinski definition) is 1. The molecule has 0 aliphatic carbocycles. The van der Waals surface area contributed by atoms with E-state index in [1.807, 2.05) is 30.2 Å². The molecular weight excluding hydrogens is 278 g/mol. The summed E-state index contributed by atoms with van der Waals surface area (Å²) in [6.07, 6.45) is 4.54. The largest absolute Gasteiger partial charge is 0.335 e. The van der Waals surface area contributed by atoms with Crippen molar-refractivity contribution < 1.29 is 4.79 Å². The van der Waals surface area contributed by atoms with Gasteiger partial charge in [0.15, 0.2) is 0 Å². The average molecular weight is 299 g/mol. The molecule has 3 rings (SSSR count). The van der Waals surface area contributed by atoms with E-state index in [1.165, 1.54) is 5.56 Å². The summed E-state index contributed by atoms with van der Waals surface area (Å²) < 4.78 is 0. The molecule has 2 aromatic rings. The zero-order valence-corrected chi connectivity index (χ0v) is 12.8. The summed E-state index contributed by atoms with van der Waals surface area (Å²) in [5.74, 6) is 0.0250. The molecular formula is C16H21N5O. The first-order valence-corrected chi connectivity index (χ1v) is 7.71. The summed E-state index contributed by atoms with van der Waals surface area (Å²) in [7, 11) is 0. The van der Waals surface area contributed by atoms with Gasteiger partial charge in [0, 0.05) is 50.8 Å². The van der Waals surface area contributed by atoms with E-state index in [0.717, 1.165) is 44.8 Å². The van der Waals surface area contributed by atoms with Gasteiger partial charge in [-0.1, -0.05) is 13.0 Å². The number of aryl methyl sites for hydroxylation is 1. The van der Waals surface area contributed by atoms with Crippen molar-refractivity contribution in [2.75, 3.05) is 26.2 Å². The molecule has 1 aliphatic heterocycles. The third-order valence-electron chi connectivity index (χ3n) is 4.02. The van der Waals surface area contributed by atoms with Crippen molar-refractivity contribution in [2.45, 2.75) is 19.9 Å². The molecule has 116 valence electrons. The second kappa shape index (κ2) is 6.70. The van der Waals surface area contributed by atoms with Crippen molar-refractivity contribution in [1.82, 2.24) is 25.0 Å². The summed E-state index contributed by atoms with van der Waals surface area (Å²) in [6.45, 7) is 6.18. The van der Waals surface area contributed by atoms with E-state index in [0.29, 0.717) is 5.69 Å². The molecule has 1 saturated heterocycles. The van der Waals surface area contributed by atoms with Crippen LogP contribution >= 0.6 is 0 Å². The van der Waals surface area contributed by atoms with Crippen LogP contribution in [-0.4, -0.2) is 57.1 Å². The van der Waals surface area contributed by atoms with Gasteiger partial charge in [-0.2, -0.15) is 5.10 Å². The lowest BCUT2D eigenvalue weighted by molar-refractivity contribution is 0.0622. The molecule has 1 N–H and O–H groups in total. The Balaban J connectivity index is 1.54. The first kappa shape index (κ1) is 14.7. The average Bonchev–Trinajstić information content (AvgIpc) is 3.05. The molecule has 1 fully saturated rings. The molecule has 0 radical (unpaired) electrons. The van der Waals surface area contributed by atoms with Gasteiger partial charge < -0.3 is 4.90 Å². The van der Waals surface area contributed by atoms with E-state index in [9.17, 15) is 4.79 Å². The fraction of sp³-hybridized carbons (Fsp3) is 0.438. The predicted octanol–water partition coefficient (Wildman–Crippen LogP) is 1.33. The molecule has 2 aromatic heterocycles. The van der Waals surface area contributed by atoms with Crippen LogP contribution < -0.4 is 0 Å². The Morgan fingerprint density at radius 1 is 1.32 bits per heavy atom. The van der Waals surface area contributed by atoms with E-state index in [4.69, 9.17) is 0 Å². The first-order valence-electron chi connectivity index (χ1n) is 7.71. The van der Waals surface area contributed by atoms with Gasteiger partial charge >= 0.3 is 0 Å². The van der Waals surface area contributed by atoms with E-state index < -0.39 is 0 Å². The second-order valence-corrected chi connectivity index (χ2v) is 5.56. The van der Waals surface area contributed by atoms with Crippen molar-refractivity contribution in [3.8, 4) is 0 Å². The van der Waals surface area contributed by atoms with Crippen LogP contribution in [0, 0.1) is 0 Å². The maximum absolute atomic E-state index is 12.4. The fourth-order valence-corrected chi connectivity index (χ4v) is 2.67. The highest BCUT2D eigenvalue weighted by atomic mass is 16.2. The molecule has 6 nitrogen and oxygen atoms in total. The summed E-state index contributed by atoms with van der Waals surface area (Å²) in [6, 6.07) is 5.89.